The third kappa shape index (κ3) is 8.72. The number of aliphatic hydroxyl groups excluding tert-OH is 1. The van der Waals surface area contributed by atoms with Gasteiger partial charge in [0.25, 0.3) is 0 Å². The fourth-order valence-electron chi connectivity index (χ4n) is 4.82. The average Bonchev–Trinajstić information content (AvgIpc) is 3.50. The van der Waals surface area contributed by atoms with Crippen LogP contribution < -0.4 is 15.4 Å². The molecule has 0 radical (unpaired) electrons. The normalized spacial score (nSPS) is 17.9. The topological polar surface area (TPSA) is 121 Å². The zero-order chi connectivity index (χ0) is 30.3. The molecule has 1 saturated heterocycles. The number of β-amino-alcohol motifs (C(OH)–C–C–N with tert-alkyl or cyclic N) is 1. The smallest absolute Gasteiger partial charge is 0.246 e. The number of halogens is 1. The molecule has 0 saturated carbocycles. The number of unbranched alkanes of at least 4 members (excludes halogenated alkanes) is 1. The molecule has 0 bridgehead atoms. The van der Waals surface area contributed by atoms with E-state index in [0.717, 1.165) is 21.7 Å². The number of rotatable bonds is 12. The lowest BCUT2D eigenvalue weighted by atomic mass is 9.85. The maximum absolute atomic E-state index is 13.7. The van der Waals surface area contributed by atoms with Crippen molar-refractivity contribution in [1.29, 1.82) is 0 Å². The molecular weight excluding hydrogens is 547 g/mol. The van der Waals surface area contributed by atoms with Crippen LogP contribution in [0, 0.1) is 12.3 Å². The number of amides is 3. The van der Waals surface area contributed by atoms with E-state index < -0.39 is 42.1 Å². The molecule has 0 unspecified atom stereocenters. The summed E-state index contributed by atoms with van der Waals surface area (Å²) in [7, 11) is 0. The number of likely N-dealkylation sites (tertiary alicyclic amines) is 1. The van der Waals surface area contributed by atoms with Crippen LogP contribution in [0.2, 0.25) is 0 Å². The summed E-state index contributed by atoms with van der Waals surface area (Å²) in [5.74, 6) is -0.522. The zero-order valence-corrected chi connectivity index (χ0v) is 25.6. The number of ether oxygens (including phenoxy) is 1. The number of alkyl halides is 1. The van der Waals surface area contributed by atoms with E-state index in [2.05, 4.69) is 15.6 Å². The van der Waals surface area contributed by atoms with Crippen molar-refractivity contribution in [3.63, 3.8) is 0 Å². The lowest BCUT2D eigenvalue weighted by Gasteiger charge is -2.35. The lowest BCUT2D eigenvalue weighted by molar-refractivity contribution is -0.144. The van der Waals surface area contributed by atoms with Gasteiger partial charge in [0.05, 0.1) is 35.0 Å². The van der Waals surface area contributed by atoms with Gasteiger partial charge in [-0.1, -0.05) is 32.9 Å². The van der Waals surface area contributed by atoms with Crippen molar-refractivity contribution < 1.29 is 28.6 Å². The van der Waals surface area contributed by atoms with Crippen LogP contribution in [0.3, 0.4) is 0 Å². The molecule has 2 aromatic rings. The molecule has 226 valence electrons. The first-order valence-electron chi connectivity index (χ1n) is 14.1. The largest absolute Gasteiger partial charge is 0.491 e. The van der Waals surface area contributed by atoms with Gasteiger partial charge in [-0.3, -0.25) is 18.8 Å². The van der Waals surface area contributed by atoms with Gasteiger partial charge in [-0.05, 0) is 50.7 Å². The highest BCUT2D eigenvalue weighted by molar-refractivity contribution is 7.13. The molecule has 1 aromatic heterocycles. The number of aliphatic hydroxyl groups is 1. The number of aromatic nitrogens is 1. The van der Waals surface area contributed by atoms with Crippen LogP contribution in [-0.4, -0.2) is 70.2 Å². The number of carbonyl (C=O) groups is 3. The minimum Gasteiger partial charge on any atom is -0.491 e. The lowest BCUT2D eigenvalue weighted by Crippen LogP contribution is -2.57. The second kappa shape index (κ2) is 14.2. The number of nitrogens with one attached hydrogen (secondary N) is 2. The number of hydrogen-bond donors (Lipinski definition) is 3. The molecule has 3 amide bonds. The summed E-state index contributed by atoms with van der Waals surface area (Å²) in [5, 5.41) is 16.1. The number of thiazole rings is 1. The van der Waals surface area contributed by atoms with Gasteiger partial charge in [0, 0.05) is 31.5 Å². The number of aryl methyl sites for hydroxylation is 1. The summed E-state index contributed by atoms with van der Waals surface area (Å²) in [5.41, 5.74) is 3.84. The summed E-state index contributed by atoms with van der Waals surface area (Å²) < 4.78 is 18.5. The predicted molar refractivity (Wildman–Crippen MR) is 157 cm³/mol. The first-order chi connectivity index (χ1) is 19.3. The molecule has 11 heteroatoms. The summed E-state index contributed by atoms with van der Waals surface area (Å²) in [6, 6.07) is 4.03. The molecule has 1 aromatic carbocycles. The van der Waals surface area contributed by atoms with Gasteiger partial charge >= 0.3 is 0 Å². The highest BCUT2D eigenvalue weighted by Gasteiger charge is 2.44. The van der Waals surface area contributed by atoms with E-state index in [1.807, 2.05) is 59.7 Å². The molecule has 1 aliphatic rings. The Bertz CT molecular complexity index is 1210. The highest BCUT2D eigenvalue weighted by Crippen LogP contribution is 2.33. The van der Waals surface area contributed by atoms with E-state index in [-0.39, 0.29) is 44.4 Å². The number of nitrogens with zero attached hydrogens (tertiary/aromatic N) is 2. The van der Waals surface area contributed by atoms with Crippen LogP contribution in [0.5, 0.6) is 5.75 Å². The molecule has 9 nitrogen and oxygen atoms in total. The Morgan fingerprint density at radius 2 is 1.98 bits per heavy atom. The second-order valence-electron chi connectivity index (χ2n) is 11.9. The van der Waals surface area contributed by atoms with Crippen molar-refractivity contribution in [2.24, 2.45) is 5.41 Å². The minimum absolute atomic E-state index is 0.00811. The van der Waals surface area contributed by atoms with Gasteiger partial charge in [-0.2, -0.15) is 0 Å². The van der Waals surface area contributed by atoms with Gasteiger partial charge in [0.2, 0.25) is 17.7 Å². The fraction of sp³-hybridized carbons (Fsp3) is 0.600. The van der Waals surface area contributed by atoms with Crippen molar-refractivity contribution in [2.45, 2.75) is 98.1 Å². The van der Waals surface area contributed by atoms with E-state index >= 15 is 0 Å². The first kappa shape index (κ1) is 32.5. The molecule has 2 heterocycles. The summed E-state index contributed by atoms with van der Waals surface area (Å²) in [6.07, 6.45) is -0.0800. The quantitative estimate of drug-likeness (QED) is 0.320. The molecule has 0 spiro atoms. The van der Waals surface area contributed by atoms with Gasteiger partial charge in [-0.15, -0.1) is 11.3 Å². The van der Waals surface area contributed by atoms with Crippen molar-refractivity contribution in [2.75, 3.05) is 13.2 Å². The Morgan fingerprint density at radius 3 is 2.59 bits per heavy atom. The van der Waals surface area contributed by atoms with Gasteiger partial charge in [0.1, 0.15) is 17.8 Å². The Kier molecular flexibility index (Phi) is 11.3. The van der Waals surface area contributed by atoms with E-state index in [1.54, 1.807) is 16.8 Å². The third-order valence-electron chi connectivity index (χ3n) is 6.96. The molecular formula is C30H43FN4O5S. The number of carbonyl (C=O) groups excluding carboxylic acids is 3. The zero-order valence-electron chi connectivity index (χ0n) is 24.8. The van der Waals surface area contributed by atoms with Crippen LogP contribution in [0.4, 0.5) is 4.39 Å². The van der Waals surface area contributed by atoms with Crippen LogP contribution in [0.15, 0.2) is 23.7 Å². The molecule has 1 aliphatic heterocycles. The molecule has 3 rings (SSSR count). The molecule has 1 fully saturated rings. The summed E-state index contributed by atoms with van der Waals surface area (Å²) in [6.45, 7) is 11.0. The Morgan fingerprint density at radius 1 is 1.24 bits per heavy atom. The van der Waals surface area contributed by atoms with Crippen LogP contribution in [0.1, 0.15) is 71.6 Å². The molecule has 3 N–H and O–H groups in total. The van der Waals surface area contributed by atoms with Crippen LogP contribution in [-0.2, 0) is 20.9 Å². The average molecular weight is 591 g/mol. The van der Waals surface area contributed by atoms with Crippen molar-refractivity contribution >= 4 is 29.1 Å². The van der Waals surface area contributed by atoms with Crippen molar-refractivity contribution in [3.8, 4) is 16.2 Å². The SMILES string of the molecule is Cc1ncsc1-c1ccc(CNC(=O)[C@@H]2C[C@@H](O)CN2C(=O)[C@@H](NC(=O)CCCCF)C(C)(C)C)c(OC(C)C)c1. The van der Waals surface area contributed by atoms with E-state index in [0.29, 0.717) is 12.2 Å². The van der Waals surface area contributed by atoms with E-state index in [9.17, 15) is 23.9 Å². The Balaban J connectivity index is 1.75. The Hall–Kier alpha value is -3.05. The summed E-state index contributed by atoms with van der Waals surface area (Å²) >= 11 is 1.55. The molecule has 41 heavy (non-hydrogen) atoms. The fourth-order valence-corrected chi connectivity index (χ4v) is 5.62. The maximum Gasteiger partial charge on any atom is 0.246 e. The molecule has 3 atom stereocenters. The second-order valence-corrected chi connectivity index (χ2v) is 12.7. The monoisotopic (exact) mass is 590 g/mol. The summed E-state index contributed by atoms with van der Waals surface area (Å²) in [4.78, 5) is 46.3. The van der Waals surface area contributed by atoms with Crippen molar-refractivity contribution in [1.82, 2.24) is 20.5 Å². The van der Waals surface area contributed by atoms with E-state index in [4.69, 9.17) is 4.74 Å². The standard InChI is InChI=1S/C30H43FN4O5S/c1-18(2)40-24-13-20(26-19(3)33-17-41-26)10-11-21(24)15-32-28(38)23-14-22(36)16-35(23)29(39)27(30(4,5)6)34-25(37)9-7-8-12-31/h10-11,13,17-18,22-23,27,36H,7-9,12,14-16H2,1-6H3,(H,32,38)(H,34,37)/t22-,23+,27-/m1/s1. The van der Waals surface area contributed by atoms with Crippen LogP contribution in [0.25, 0.3) is 10.4 Å². The van der Waals surface area contributed by atoms with Crippen molar-refractivity contribution in [3.05, 3.63) is 35.0 Å². The minimum atomic E-state index is -0.908. The van der Waals surface area contributed by atoms with Crippen LogP contribution >= 0.6 is 11.3 Å². The Labute approximate surface area is 245 Å². The highest BCUT2D eigenvalue weighted by atomic mass is 32.1. The first-order valence-corrected chi connectivity index (χ1v) is 15.0. The van der Waals surface area contributed by atoms with E-state index in [1.165, 1.54) is 4.90 Å². The van der Waals surface area contributed by atoms with Gasteiger partial charge < -0.3 is 25.4 Å². The third-order valence-corrected chi connectivity index (χ3v) is 7.94. The maximum atomic E-state index is 13.7. The van der Waals surface area contributed by atoms with Gasteiger partial charge in [0.15, 0.2) is 0 Å². The van der Waals surface area contributed by atoms with Gasteiger partial charge in [-0.25, -0.2) is 4.98 Å². The number of hydrogen-bond acceptors (Lipinski definition) is 7. The predicted octanol–water partition coefficient (Wildman–Crippen LogP) is 4.15. The molecule has 0 aliphatic carbocycles. The number of benzene rings is 1.